The maximum Gasteiger partial charge on any atom is 0.333 e. The molecule has 1 aromatic heterocycles. The van der Waals surface area contributed by atoms with Crippen LogP contribution in [-0.4, -0.2) is 16.1 Å². The third-order valence-corrected chi connectivity index (χ3v) is 2.08. The molecule has 0 saturated heterocycles. The largest absolute Gasteiger partial charge is 0.478 e. The number of hydrogen-bond donors (Lipinski definition) is 2. The quantitative estimate of drug-likeness (QED) is 0.742. The molecule has 0 bridgehead atoms. The number of aliphatic carboxylic acids is 1. The molecule has 0 aromatic carbocycles. The molecule has 0 radical (unpaired) electrons. The average molecular weight is 206 g/mol. The van der Waals surface area contributed by atoms with E-state index in [1.54, 1.807) is 25.4 Å². The lowest BCUT2D eigenvalue weighted by Gasteiger charge is -2.10. The lowest BCUT2D eigenvalue weighted by molar-refractivity contribution is -0.132. The molecule has 0 spiro atoms. The summed E-state index contributed by atoms with van der Waals surface area (Å²) in [6, 6.07) is 3.64. The molecule has 0 fully saturated rings. The molecule has 1 aromatic rings. The van der Waals surface area contributed by atoms with Gasteiger partial charge < -0.3 is 10.4 Å². The lowest BCUT2D eigenvalue weighted by Crippen LogP contribution is -2.07. The zero-order valence-corrected chi connectivity index (χ0v) is 8.82. The van der Waals surface area contributed by atoms with Crippen molar-refractivity contribution < 1.29 is 9.90 Å². The smallest absolute Gasteiger partial charge is 0.333 e. The molecule has 0 aliphatic rings. The Labute approximate surface area is 88.7 Å². The number of nitrogens with one attached hydrogen (secondary N) is 1. The molecule has 0 unspecified atom stereocenters. The first-order chi connectivity index (χ1) is 7.15. The van der Waals surface area contributed by atoms with Gasteiger partial charge in [-0.2, -0.15) is 0 Å². The summed E-state index contributed by atoms with van der Waals surface area (Å²) in [5.41, 5.74) is 1.84. The van der Waals surface area contributed by atoms with Gasteiger partial charge in [-0.3, -0.25) is 4.98 Å². The van der Waals surface area contributed by atoms with E-state index in [0.717, 1.165) is 5.69 Å². The average Bonchev–Trinajstić information content (AvgIpc) is 2.26. The van der Waals surface area contributed by atoms with Gasteiger partial charge in [0.05, 0.1) is 17.5 Å². The van der Waals surface area contributed by atoms with Gasteiger partial charge in [0.2, 0.25) is 0 Å². The van der Waals surface area contributed by atoms with Crippen LogP contribution < -0.4 is 5.32 Å². The van der Waals surface area contributed by atoms with E-state index < -0.39 is 5.97 Å². The fourth-order valence-corrected chi connectivity index (χ4v) is 1.19. The molecule has 4 heteroatoms. The summed E-state index contributed by atoms with van der Waals surface area (Å²) in [6.45, 7) is 3.50. The lowest BCUT2D eigenvalue weighted by atomic mass is 10.2. The molecule has 80 valence electrons. The summed E-state index contributed by atoms with van der Waals surface area (Å²) in [5, 5.41) is 11.9. The molecule has 0 amide bonds. The normalized spacial score (nSPS) is 11.9. The molecular weight excluding hydrogens is 192 g/mol. The highest BCUT2D eigenvalue weighted by Crippen LogP contribution is 2.13. The minimum Gasteiger partial charge on any atom is -0.478 e. The van der Waals surface area contributed by atoms with Crippen molar-refractivity contribution in [2.45, 2.75) is 20.3 Å². The topological polar surface area (TPSA) is 62.2 Å². The van der Waals surface area contributed by atoms with E-state index in [4.69, 9.17) is 5.11 Å². The monoisotopic (exact) mass is 206 g/mol. The summed E-state index contributed by atoms with van der Waals surface area (Å²) < 4.78 is 0. The Balaban J connectivity index is 2.88. The van der Waals surface area contributed by atoms with Gasteiger partial charge in [-0.1, -0.05) is 6.92 Å². The number of carboxylic acids is 1. The van der Waals surface area contributed by atoms with E-state index in [1.165, 1.54) is 0 Å². The number of allylic oxidation sites excluding steroid dienone is 1. The van der Waals surface area contributed by atoms with Gasteiger partial charge in [-0.05, 0) is 25.5 Å². The van der Waals surface area contributed by atoms with Crippen LogP contribution in [-0.2, 0) is 4.79 Å². The zero-order chi connectivity index (χ0) is 11.3. The fourth-order valence-electron chi connectivity index (χ4n) is 1.19. The number of carboxylic acid groups (broad SMARTS) is 1. The van der Waals surface area contributed by atoms with Crippen molar-refractivity contribution in [1.82, 2.24) is 4.98 Å². The number of aromatic nitrogens is 1. The van der Waals surface area contributed by atoms with Crippen molar-refractivity contribution in [2.75, 3.05) is 5.32 Å². The van der Waals surface area contributed by atoms with Gasteiger partial charge in [0, 0.05) is 11.9 Å². The second-order valence-electron chi connectivity index (χ2n) is 3.13. The van der Waals surface area contributed by atoms with Crippen molar-refractivity contribution in [3.8, 4) is 0 Å². The standard InChI is InChI=1S/C11H14N2O2/c1-3-10(8(2)11(14)15)13-9-5-4-6-12-7-9/h4-7,13H,3H2,1-2H3,(H,14,15). The Morgan fingerprint density at radius 3 is 2.80 bits per heavy atom. The van der Waals surface area contributed by atoms with Crippen LogP contribution in [0.25, 0.3) is 0 Å². The highest BCUT2D eigenvalue weighted by molar-refractivity contribution is 5.87. The van der Waals surface area contributed by atoms with Gasteiger partial charge in [0.1, 0.15) is 0 Å². The highest BCUT2D eigenvalue weighted by Gasteiger charge is 2.07. The second-order valence-corrected chi connectivity index (χ2v) is 3.13. The number of nitrogens with zero attached hydrogens (tertiary/aromatic N) is 1. The van der Waals surface area contributed by atoms with Crippen LogP contribution >= 0.6 is 0 Å². The fraction of sp³-hybridized carbons (Fsp3) is 0.273. The third kappa shape index (κ3) is 3.09. The number of anilines is 1. The Kier molecular flexibility index (Phi) is 3.85. The van der Waals surface area contributed by atoms with E-state index in [-0.39, 0.29) is 0 Å². The maximum absolute atomic E-state index is 10.8. The first-order valence-corrected chi connectivity index (χ1v) is 4.75. The van der Waals surface area contributed by atoms with Crippen LogP contribution in [0.3, 0.4) is 0 Å². The SMILES string of the molecule is CCC(Nc1cccnc1)=C(C)C(=O)O. The molecule has 15 heavy (non-hydrogen) atoms. The zero-order valence-electron chi connectivity index (χ0n) is 8.82. The molecule has 0 aliphatic carbocycles. The summed E-state index contributed by atoms with van der Waals surface area (Å²) in [6.07, 6.45) is 3.97. The predicted molar refractivity (Wildman–Crippen MR) is 58.5 cm³/mol. The van der Waals surface area contributed by atoms with Crippen LogP contribution in [0.1, 0.15) is 20.3 Å². The minimum atomic E-state index is -0.900. The van der Waals surface area contributed by atoms with E-state index in [1.807, 2.05) is 13.0 Å². The number of carbonyl (C=O) groups is 1. The van der Waals surface area contributed by atoms with Gasteiger partial charge in [0.15, 0.2) is 0 Å². The molecule has 1 heterocycles. The van der Waals surface area contributed by atoms with Gasteiger partial charge in [-0.25, -0.2) is 4.79 Å². The van der Waals surface area contributed by atoms with Crippen molar-refractivity contribution in [3.05, 3.63) is 35.8 Å². The molecule has 0 atom stereocenters. The van der Waals surface area contributed by atoms with Crippen molar-refractivity contribution >= 4 is 11.7 Å². The predicted octanol–water partition coefficient (Wildman–Crippen LogP) is 2.26. The number of hydrogen-bond acceptors (Lipinski definition) is 3. The number of rotatable bonds is 4. The van der Waals surface area contributed by atoms with E-state index in [9.17, 15) is 4.79 Å². The summed E-state index contributed by atoms with van der Waals surface area (Å²) >= 11 is 0. The summed E-state index contributed by atoms with van der Waals surface area (Å²) in [4.78, 5) is 14.7. The second kappa shape index (κ2) is 5.14. The highest BCUT2D eigenvalue weighted by atomic mass is 16.4. The van der Waals surface area contributed by atoms with E-state index in [2.05, 4.69) is 10.3 Å². The van der Waals surface area contributed by atoms with Crippen molar-refractivity contribution in [1.29, 1.82) is 0 Å². The van der Waals surface area contributed by atoms with Crippen LogP contribution in [0.15, 0.2) is 35.8 Å². The molecule has 0 saturated carbocycles. The Morgan fingerprint density at radius 1 is 1.60 bits per heavy atom. The third-order valence-electron chi connectivity index (χ3n) is 2.08. The maximum atomic E-state index is 10.8. The Bertz CT molecular complexity index is 371. The molecule has 4 nitrogen and oxygen atoms in total. The number of pyridine rings is 1. The van der Waals surface area contributed by atoms with Gasteiger partial charge >= 0.3 is 5.97 Å². The van der Waals surface area contributed by atoms with Crippen LogP contribution in [0.2, 0.25) is 0 Å². The molecule has 2 N–H and O–H groups in total. The van der Waals surface area contributed by atoms with Gasteiger partial charge in [0.25, 0.3) is 0 Å². The summed E-state index contributed by atoms with van der Waals surface area (Å²) in [7, 11) is 0. The summed E-state index contributed by atoms with van der Waals surface area (Å²) in [5.74, 6) is -0.900. The molecule has 0 aliphatic heterocycles. The first kappa shape index (κ1) is 11.2. The van der Waals surface area contributed by atoms with Crippen molar-refractivity contribution in [2.24, 2.45) is 0 Å². The first-order valence-electron chi connectivity index (χ1n) is 4.75. The molecular formula is C11H14N2O2. The molecule has 1 rings (SSSR count). The minimum absolute atomic E-state index is 0.335. The van der Waals surface area contributed by atoms with Crippen LogP contribution in [0, 0.1) is 0 Å². The van der Waals surface area contributed by atoms with E-state index in [0.29, 0.717) is 17.7 Å². The van der Waals surface area contributed by atoms with Gasteiger partial charge in [-0.15, -0.1) is 0 Å². The van der Waals surface area contributed by atoms with Crippen LogP contribution in [0.5, 0.6) is 0 Å². The van der Waals surface area contributed by atoms with E-state index >= 15 is 0 Å². The Morgan fingerprint density at radius 2 is 2.33 bits per heavy atom. The van der Waals surface area contributed by atoms with Crippen molar-refractivity contribution in [3.63, 3.8) is 0 Å². The van der Waals surface area contributed by atoms with Crippen LogP contribution in [0.4, 0.5) is 5.69 Å². The Hall–Kier alpha value is -1.84.